The molecule has 0 saturated heterocycles. The van der Waals surface area contributed by atoms with Crippen LogP contribution in [0.4, 0.5) is 0 Å². The third kappa shape index (κ3) is 5.03. The summed E-state index contributed by atoms with van der Waals surface area (Å²) >= 11 is 7.02. The monoisotopic (exact) mass is 383 g/mol. The third-order valence-electron chi connectivity index (χ3n) is 3.93. The lowest BCUT2D eigenvalue weighted by Crippen LogP contribution is -2.34. The van der Waals surface area contributed by atoms with Gasteiger partial charge in [-0.15, -0.1) is 11.3 Å². The fourth-order valence-electron chi connectivity index (χ4n) is 2.46. The van der Waals surface area contributed by atoms with Crippen molar-refractivity contribution in [1.29, 1.82) is 0 Å². The van der Waals surface area contributed by atoms with Gasteiger partial charge < -0.3 is 15.4 Å². The van der Waals surface area contributed by atoms with Gasteiger partial charge in [0.1, 0.15) is 5.75 Å². The van der Waals surface area contributed by atoms with E-state index in [1.807, 2.05) is 31.2 Å². The standard InChI is InChI=1S/C20H21N3OS2/c1-14-23-19(13-26-14)17-7-3-15(4-8-17)11-21-20(25)22-12-16-5-9-18(24-2)10-6-16/h3-10,13H,11-12H2,1-2H3,(H2,21,22,25). The highest BCUT2D eigenvalue weighted by molar-refractivity contribution is 7.80. The number of ether oxygens (including phenoxy) is 1. The second-order valence-electron chi connectivity index (χ2n) is 5.83. The van der Waals surface area contributed by atoms with Crippen molar-refractivity contribution in [2.45, 2.75) is 20.0 Å². The highest BCUT2D eigenvalue weighted by Crippen LogP contribution is 2.21. The molecule has 0 spiro atoms. The zero-order chi connectivity index (χ0) is 18.4. The van der Waals surface area contributed by atoms with Crippen molar-refractivity contribution in [3.8, 4) is 17.0 Å². The first-order valence-electron chi connectivity index (χ1n) is 8.30. The maximum absolute atomic E-state index is 5.35. The molecule has 4 nitrogen and oxygen atoms in total. The van der Waals surface area contributed by atoms with E-state index in [0.717, 1.165) is 27.6 Å². The lowest BCUT2D eigenvalue weighted by Gasteiger charge is -2.11. The van der Waals surface area contributed by atoms with Crippen molar-refractivity contribution in [2.75, 3.05) is 7.11 Å². The summed E-state index contributed by atoms with van der Waals surface area (Å²) in [5, 5.41) is 10.3. The van der Waals surface area contributed by atoms with Crippen molar-refractivity contribution in [3.05, 3.63) is 70.0 Å². The van der Waals surface area contributed by atoms with E-state index in [9.17, 15) is 0 Å². The minimum atomic E-state index is 0.639. The molecule has 0 amide bonds. The molecule has 1 aromatic heterocycles. The highest BCUT2D eigenvalue weighted by atomic mass is 32.1. The number of thiazole rings is 1. The fourth-order valence-corrected chi connectivity index (χ4v) is 3.23. The van der Waals surface area contributed by atoms with Gasteiger partial charge in [-0.3, -0.25) is 0 Å². The summed E-state index contributed by atoms with van der Waals surface area (Å²) in [5.41, 5.74) is 4.49. The molecule has 0 aliphatic rings. The van der Waals surface area contributed by atoms with Crippen LogP contribution in [0.5, 0.6) is 5.75 Å². The van der Waals surface area contributed by atoms with Gasteiger partial charge in [0.15, 0.2) is 5.11 Å². The van der Waals surface area contributed by atoms with E-state index in [0.29, 0.717) is 18.2 Å². The Bertz CT molecular complexity index is 858. The maximum atomic E-state index is 5.35. The number of benzene rings is 2. The fraction of sp³-hybridized carbons (Fsp3) is 0.200. The smallest absolute Gasteiger partial charge is 0.166 e. The lowest BCUT2D eigenvalue weighted by molar-refractivity contribution is 0.414. The van der Waals surface area contributed by atoms with Crippen molar-refractivity contribution >= 4 is 28.7 Å². The zero-order valence-electron chi connectivity index (χ0n) is 14.8. The van der Waals surface area contributed by atoms with Crippen LogP contribution in [0.2, 0.25) is 0 Å². The first-order chi connectivity index (χ1) is 12.6. The zero-order valence-corrected chi connectivity index (χ0v) is 16.4. The second kappa shape index (κ2) is 8.78. The molecule has 3 rings (SSSR count). The molecule has 0 atom stereocenters. The minimum absolute atomic E-state index is 0.639. The van der Waals surface area contributed by atoms with Crippen LogP contribution in [0.15, 0.2) is 53.9 Å². The van der Waals surface area contributed by atoms with Gasteiger partial charge in [0.05, 0.1) is 17.8 Å². The van der Waals surface area contributed by atoms with Gasteiger partial charge in [-0.1, -0.05) is 36.4 Å². The molecule has 2 aromatic carbocycles. The van der Waals surface area contributed by atoms with Crippen LogP contribution < -0.4 is 15.4 Å². The Hall–Kier alpha value is -2.44. The predicted molar refractivity (Wildman–Crippen MR) is 112 cm³/mol. The summed E-state index contributed by atoms with van der Waals surface area (Å²) in [4.78, 5) is 4.51. The first-order valence-corrected chi connectivity index (χ1v) is 9.59. The van der Waals surface area contributed by atoms with E-state index in [2.05, 4.69) is 45.3 Å². The van der Waals surface area contributed by atoms with E-state index in [1.54, 1.807) is 18.4 Å². The SMILES string of the molecule is COc1ccc(CNC(=S)NCc2ccc(-c3csc(C)n3)cc2)cc1. The van der Waals surface area contributed by atoms with Crippen molar-refractivity contribution < 1.29 is 4.74 Å². The Morgan fingerprint density at radius 2 is 1.58 bits per heavy atom. The highest BCUT2D eigenvalue weighted by Gasteiger charge is 2.03. The number of nitrogens with zero attached hydrogens (tertiary/aromatic N) is 1. The van der Waals surface area contributed by atoms with Gasteiger partial charge in [0.2, 0.25) is 0 Å². The van der Waals surface area contributed by atoms with Crippen LogP contribution in [-0.4, -0.2) is 17.2 Å². The number of aryl methyl sites for hydroxylation is 1. The number of thiocarbonyl (C=S) groups is 1. The number of hydrogen-bond acceptors (Lipinski definition) is 4. The van der Waals surface area contributed by atoms with Gasteiger partial charge in [0, 0.05) is 24.0 Å². The van der Waals surface area contributed by atoms with Crippen LogP contribution in [0.1, 0.15) is 16.1 Å². The minimum Gasteiger partial charge on any atom is -0.497 e. The van der Waals surface area contributed by atoms with Gasteiger partial charge >= 0.3 is 0 Å². The van der Waals surface area contributed by atoms with Crippen molar-refractivity contribution in [2.24, 2.45) is 0 Å². The quantitative estimate of drug-likeness (QED) is 0.622. The molecule has 1 heterocycles. The van der Waals surface area contributed by atoms with Crippen molar-refractivity contribution in [3.63, 3.8) is 0 Å². The summed E-state index contributed by atoms with van der Waals surface area (Å²) in [6.07, 6.45) is 0. The third-order valence-corrected chi connectivity index (χ3v) is 5.00. The molecule has 0 saturated carbocycles. The Labute approximate surface area is 163 Å². The Kier molecular flexibility index (Phi) is 6.20. The number of rotatable bonds is 6. The van der Waals surface area contributed by atoms with E-state index in [1.165, 1.54) is 5.56 Å². The van der Waals surface area contributed by atoms with Crippen LogP contribution in [0, 0.1) is 6.92 Å². The summed E-state index contributed by atoms with van der Waals surface area (Å²) in [7, 11) is 1.66. The summed E-state index contributed by atoms with van der Waals surface area (Å²) in [6, 6.07) is 16.3. The normalized spacial score (nSPS) is 10.4. The van der Waals surface area contributed by atoms with E-state index < -0.39 is 0 Å². The Morgan fingerprint density at radius 1 is 1.00 bits per heavy atom. The number of aromatic nitrogens is 1. The van der Waals surface area contributed by atoms with Gasteiger partial charge in [-0.25, -0.2) is 4.98 Å². The summed E-state index contributed by atoms with van der Waals surface area (Å²) in [5.74, 6) is 0.853. The van der Waals surface area contributed by atoms with Crippen LogP contribution in [0.3, 0.4) is 0 Å². The molecule has 0 fully saturated rings. The first kappa shape index (κ1) is 18.4. The molecule has 0 aliphatic heterocycles. The van der Waals surface area contributed by atoms with E-state index in [-0.39, 0.29) is 0 Å². The molecular weight excluding hydrogens is 362 g/mol. The summed E-state index contributed by atoms with van der Waals surface area (Å²) < 4.78 is 5.16. The maximum Gasteiger partial charge on any atom is 0.166 e. The number of nitrogens with one attached hydrogen (secondary N) is 2. The van der Waals surface area contributed by atoms with Crippen LogP contribution >= 0.6 is 23.6 Å². The predicted octanol–water partition coefficient (Wildman–Crippen LogP) is 4.29. The van der Waals surface area contributed by atoms with Crippen LogP contribution in [0.25, 0.3) is 11.3 Å². The average molecular weight is 384 g/mol. The average Bonchev–Trinajstić information content (AvgIpc) is 3.12. The van der Waals surface area contributed by atoms with Gasteiger partial charge in [-0.05, 0) is 42.4 Å². The van der Waals surface area contributed by atoms with E-state index >= 15 is 0 Å². The lowest BCUT2D eigenvalue weighted by atomic mass is 10.1. The second-order valence-corrected chi connectivity index (χ2v) is 7.30. The van der Waals surface area contributed by atoms with Crippen molar-refractivity contribution in [1.82, 2.24) is 15.6 Å². The molecule has 0 unspecified atom stereocenters. The molecular formula is C20H21N3OS2. The molecule has 0 bridgehead atoms. The molecule has 134 valence electrons. The molecule has 2 N–H and O–H groups in total. The molecule has 0 aliphatic carbocycles. The number of methoxy groups -OCH3 is 1. The molecule has 3 aromatic rings. The van der Waals surface area contributed by atoms with Gasteiger partial charge in [-0.2, -0.15) is 0 Å². The molecule has 26 heavy (non-hydrogen) atoms. The van der Waals surface area contributed by atoms with E-state index in [4.69, 9.17) is 17.0 Å². The van der Waals surface area contributed by atoms with Gasteiger partial charge in [0.25, 0.3) is 0 Å². The number of hydrogen-bond donors (Lipinski definition) is 2. The summed E-state index contributed by atoms with van der Waals surface area (Å²) in [6.45, 7) is 3.38. The largest absolute Gasteiger partial charge is 0.497 e. The molecule has 0 radical (unpaired) electrons. The Balaban J connectivity index is 1.46. The topological polar surface area (TPSA) is 46.2 Å². The Morgan fingerprint density at radius 3 is 2.08 bits per heavy atom. The molecule has 6 heteroatoms. The van der Waals surface area contributed by atoms with Crippen LogP contribution in [-0.2, 0) is 13.1 Å².